The van der Waals surface area contributed by atoms with Gasteiger partial charge in [0, 0.05) is 68.9 Å². The summed E-state index contributed by atoms with van der Waals surface area (Å²) in [5, 5.41) is 7.29. The minimum absolute atomic E-state index is 0.552. The highest BCUT2D eigenvalue weighted by atomic mass is 32.1. The summed E-state index contributed by atoms with van der Waals surface area (Å²) in [6.45, 7) is 0. The molecule has 0 spiro atoms. The zero-order valence-corrected chi connectivity index (χ0v) is 32.6. The number of hydrogen-bond acceptors (Lipinski definition) is 6. The lowest BCUT2D eigenvalue weighted by Crippen LogP contribution is -2.15. The molecule has 0 amide bonds. The average Bonchev–Trinajstić information content (AvgIpc) is 3.97. The third-order valence-corrected chi connectivity index (χ3v) is 13.4. The Bertz CT molecular complexity index is 3530. The fraction of sp³-hybridized carbons (Fsp3) is 0. The highest BCUT2D eigenvalue weighted by Crippen LogP contribution is 2.46. The van der Waals surface area contributed by atoms with Crippen molar-refractivity contribution in [2.75, 3.05) is 4.90 Å². The van der Waals surface area contributed by atoms with Gasteiger partial charge in [-0.3, -0.25) is 4.90 Å². The number of para-hydroxylation sites is 2. The molecule has 0 atom stereocenters. The predicted octanol–water partition coefficient (Wildman–Crippen LogP) is 14.5. The summed E-state index contributed by atoms with van der Waals surface area (Å²) in [5.74, 6) is 1.77. The SMILES string of the molecule is c1ccc(-c2nc(-c3ccc4c5ccccc5n(-c5ccccc5)c4c3)nc(N(c3ccc4sc5ccccc5c4c3)c3cccc4c3sc3ccccc34)n2)cc1. The Morgan fingerprint density at radius 2 is 1.02 bits per heavy atom. The predicted molar refractivity (Wildman–Crippen MR) is 245 cm³/mol. The van der Waals surface area contributed by atoms with Crippen LogP contribution in [0.3, 0.4) is 0 Å². The molecule has 0 bridgehead atoms. The summed E-state index contributed by atoms with van der Waals surface area (Å²) < 4.78 is 7.27. The number of anilines is 3. The van der Waals surface area contributed by atoms with Crippen LogP contribution in [0, 0.1) is 0 Å². The first-order chi connectivity index (χ1) is 28.7. The van der Waals surface area contributed by atoms with E-state index in [0.29, 0.717) is 17.6 Å². The molecule has 0 saturated heterocycles. The Hall–Kier alpha value is -7.19. The largest absolute Gasteiger partial charge is 0.309 e. The molecule has 12 aromatic rings. The molecule has 4 heterocycles. The third-order valence-electron chi connectivity index (χ3n) is 11.0. The third kappa shape index (κ3) is 5.25. The van der Waals surface area contributed by atoms with Gasteiger partial charge in [-0.2, -0.15) is 9.97 Å². The molecule has 0 aliphatic carbocycles. The minimum atomic E-state index is 0.552. The topological polar surface area (TPSA) is 46.8 Å². The van der Waals surface area contributed by atoms with E-state index in [2.05, 4.69) is 179 Å². The molecule has 12 rings (SSSR count). The molecule has 4 aromatic heterocycles. The first-order valence-electron chi connectivity index (χ1n) is 19.3. The fourth-order valence-electron chi connectivity index (χ4n) is 8.40. The van der Waals surface area contributed by atoms with Gasteiger partial charge < -0.3 is 4.57 Å². The van der Waals surface area contributed by atoms with Gasteiger partial charge in [-0.1, -0.05) is 127 Å². The van der Waals surface area contributed by atoms with Gasteiger partial charge in [-0.15, -0.1) is 22.7 Å². The van der Waals surface area contributed by atoms with E-state index in [4.69, 9.17) is 15.0 Å². The molecule has 0 unspecified atom stereocenters. The molecule has 0 radical (unpaired) electrons. The Morgan fingerprint density at radius 3 is 1.83 bits per heavy atom. The molecule has 5 nitrogen and oxygen atoms in total. The Kier molecular flexibility index (Phi) is 7.51. The van der Waals surface area contributed by atoms with Crippen molar-refractivity contribution in [2.45, 2.75) is 0 Å². The molecular weight excluding hydrogens is 747 g/mol. The highest BCUT2D eigenvalue weighted by molar-refractivity contribution is 7.26. The molecule has 8 aromatic carbocycles. The molecule has 0 aliphatic rings. The van der Waals surface area contributed by atoms with Gasteiger partial charge >= 0.3 is 0 Å². The number of rotatable bonds is 6. The van der Waals surface area contributed by atoms with E-state index in [1.165, 1.54) is 51.1 Å². The molecule has 7 heteroatoms. The zero-order valence-electron chi connectivity index (χ0n) is 31.0. The van der Waals surface area contributed by atoms with Crippen molar-refractivity contribution in [3.8, 4) is 28.5 Å². The molecule has 0 N–H and O–H groups in total. The molecule has 0 fully saturated rings. The molecular formula is C51H31N5S2. The van der Waals surface area contributed by atoms with E-state index in [0.717, 1.165) is 39.2 Å². The van der Waals surface area contributed by atoms with Crippen molar-refractivity contribution in [1.82, 2.24) is 19.5 Å². The summed E-state index contributed by atoms with van der Waals surface area (Å²) >= 11 is 3.62. The van der Waals surface area contributed by atoms with Crippen LogP contribution in [0.25, 0.3) is 90.6 Å². The van der Waals surface area contributed by atoms with Crippen LogP contribution in [0.5, 0.6) is 0 Å². The first kappa shape index (κ1) is 33.0. The number of thiophene rings is 2. The van der Waals surface area contributed by atoms with E-state index >= 15 is 0 Å². The normalized spacial score (nSPS) is 11.8. The van der Waals surface area contributed by atoms with Crippen molar-refractivity contribution in [3.05, 3.63) is 188 Å². The van der Waals surface area contributed by atoms with E-state index in [-0.39, 0.29) is 0 Å². The first-order valence-corrected chi connectivity index (χ1v) is 20.9. The minimum Gasteiger partial charge on any atom is -0.309 e. The van der Waals surface area contributed by atoms with Crippen LogP contribution < -0.4 is 4.90 Å². The van der Waals surface area contributed by atoms with Crippen molar-refractivity contribution in [1.29, 1.82) is 0 Å². The molecule has 0 aliphatic heterocycles. The molecule has 272 valence electrons. The van der Waals surface area contributed by atoms with Crippen LogP contribution in [0.2, 0.25) is 0 Å². The number of aromatic nitrogens is 4. The monoisotopic (exact) mass is 777 g/mol. The van der Waals surface area contributed by atoms with Crippen LogP contribution >= 0.6 is 22.7 Å². The van der Waals surface area contributed by atoms with Crippen molar-refractivity contribution in [3.63, 3.8) is 0 Å². The smallest absolute Gasteiger partial charge is 0.238 e. The summed E-state index contributed by atoms with van der Waals surface area (Å²) in [7, 11) is 0. The number of benzene rings is 8. The van der Waals surface area contributed by atoms with Crippen molar-refractivity contribution >= 4 is 102 Å². The van der Waals surface area contributed by atoms with Crippen LogP contribution in [0.1, 0.15) is 0 Å². The average molecular weight is 778 g/mol. The second-order valence-electron chi connectivity index (χ2n) is 14.4. The van der Waals surface area contributed by atoms with Gasteiger partial charge in [0.05, 0.1) is 21.4 Å². The summed E-state index contributed by atoms with van der Waals surface area (Å²) in [4.78, 5) is 18.2. The maximum absolute atomic E-state index is 5.44. The Balaban J connectivity index is 1.14. The Morgan fingerprint density at radius 1 is 0.397 bits per heavy atom. The van der Waals surface area contributed by atoms with Gasteiger partial charge in [-0.25, -0.2) is 4.98 Å². The lowest BCUT2D eigenvalue weighted by atomic mass is 10.1. The van der Waals surface area contributed by atoms with Gasteiger partial charge in [-0.05, 0) is 60.7 Å². The number of fused-ring (bicyclic) bond motifs is 9. The lowest BCUT2D eigenvalue weighted by molar-refractivity contribution is 1.03. The van der Waals surface area contributed by atoms with E-state index in [9.17, 15) is 0 Å². The summed E-state index contributed by atoms with van der Waals surface area (Å²) in [6.07, 6.45) is 0. The lowest BCUT2D eigenvalue weighted by Gasteiger charge is -2.25. The maximum atomic E-state index is 5.44. The van der Waals surface area contributed by atoms with Gasteiger partial charge in [0.2, 0.25) is 5.95 Å². The maximum Gasteiger partial charge on any atom is 0.238 e. The van der Waals surface area contributed by atoms with Crippen LogP contribution in [0.4, 0.5) is 17.3 Å². The fourth-order valence-corrected chi connectivity index (χ4v) is 10.7. The van der Waals surface area contributed by atoms with Gasteiger partial charge in [0.1, 0.15) is 0 Å². The van der Waals surface area contributed by atoms with Crippen LogP contribution in [0.15, 0.2) is 188 Å². The van der Waals surface area contributed by atoms with E-state index in [1.807, 2.05) is 29.5 Å². The van der Waals surface area contributed by atoms with Crippen molar-refractivity contribution < 1.29 is 0 Å². The number of nitrogens with zero attached hydrogens (tertiary/aromatic N) is 5. The zero-order chi connectivity index (χ0) is 38.2. The highest BCUT2D eigenvalue weighted by Gasteiger charge is 2.24. The van der Waals surface area contributed by atoms with Crippen LogP contribution in [-0.2, 0) is 0 Å². The summed E-state index contributed by atoms with van der Waals surface area (Å²) in [5.41, 5.74) is 7.19. The second-order valence-corrected chi connectivity index (χ2v) is 16.6. The molecule has 58 heavy (non-hydrogen) atoms. The number of hydrogen-bond donors (Lipinski definition) is 0. The van der Waals surface area contributed by atoms with Crippen LogP contribution in [-0.4, -0.2) is 19.5 Å². The van der Waals surface area contributed by atoms with Gasteiger partial charge in [0.15, 0.2) is 11.6 Å². The van der Waals surface area contributed by atoms with E-state index in [1.54, 1.807) is 11.3 Å². The standard InChI is InChI=1S/C51H31N5S2/c1-3-14-32(15-4-1)49-52-50(33-26-28-37-36-18-7-10-22-42(36)55(44(37)30-33)34-16-5-2-6-17-34)54-51(53-49)56(35-27-29-47-41(31-35)39-20-9-11-24-45(39)57-47)43-23-13-21-40-38-19-8-12-25-46(38)58-48(40)43/h1-31H. The summed E-state index contributed by atoms with van der Waals surface area (Å²) in [6, 6.07) is 66.6. The van der Waals surface area contributed by atoms with Gasteiger partial charge in [0.25, 0.3) is 0 Å². The molecule has 0 saturated carbocycles. The second kappa shape index (κ2) is 13.2. The Labute approximate surface area is 341 Å². The van der Waals surface area contributed by atoms with Crippen molar-refractivity contribution in [2.24, 2.45) is 0 Å². The quantitative estimate of drug-likeness (QED) is 0.169. The van der Waals surface area contributed by atoms with E-state index < -0.39 is 0 Å².